The van der Waals surface area contributed by atoms with Gasteiger partial charge in [-0.25, -0.2) is 20.2 Å². The van der Waals surface area contributed by atoms with Crippen LogP contribution in [0.15, 0.2) is 17.4 Å². The maximum Gasteiger partial charge on any atom is 0.220 e. The highest BCUT2D eigenvalue weighted by Crippen LogP contribution is 2.27. The van der Waals surface area contributed by atoms with Gasteiger partial charge in [-0.15, -0.1) is 11.6 Å². The van der Waals surface area contributed by atoms with E-state index >= 15 is 0 Å². The van der Waals surface area contributed by atoms with Crippen molar-refractivity contribution in [3.8, 4) is 11.4 Å². The molecule has 3 atom stereocenters. The average Bonchev–Trinajstić information content (AvgIpc) is 3.17. The Morgan fingerprint density at radius 2 is 2.23 bits per heavy atom. The fourth-order valence-electron chi connectivity index (χ4n) is 4.07. The molecule has 4 N–H and O–H groups in total. The van der Waals surface area contributed by atoms with Gasteiger partial charge in [-0.3, -0.25) is 14.8 Å². The molecule has 0 aromatic carbocycles. The van der Waals surface area contributed by atoms with Crippen molar-refractivity contribution in [2.75, 3.05) is 11.6 Å². The largest absolute Gasteiger partial charge is 0.351 e. The van der Waals surface area contributed by atoms with Crippen LogP contribution in [-0.2, 0) is 4.79 Å². The molecule has 8 nitrogen and oxygen atoms in total. The van der Waals surface area contributed by atoms with Gasteiger partial charge in [0.2, 0.25) is 5.91 Å². The number of amides is 1. The molecule has 160 valence electrons. The van der Waals surface area contributed by atoms with Gasteiger partial charge in [0.1, 0.15) is 5.49 Å². The Labute approximate surface area is 178 Å². The number of hydrogen-bond acceptors (Lipinski definition) is 6. The van der Waals surface area contributed by atoms with Gasteiger partial charge < -0.3 is 10.3 Å². The second-order valence-corrected chi connectivity index (χ2v) is 8.20. The minimum Gasteiger partial charge on any atom is -0.351 e. The molecule has 10 heteroatoms. The summed E-state index contributed by atoms with van der Waals surface area (Å²) in [5.41, 5.74) is 1.39. The van der Waals surface area contributed by atoms with Crippen LogP contribution in [0.3, 0.4) is 0 Å². The number of hydrogen-bond donors (Lipinski definition) is 3. The molecule has 0 saturated heterocycles. The van der Waals surface area contributed by atoms with E-state index in [0.29, 0.717) is 29.8 Å². The van der Waals surface area contributed by atoms with Crippen LogP contribution in [0.4, 0.5) is 10.2 Å². The van der Waals surface area contributed by atoms with Crippen LogP contribution in [-0.4, -0.2) is 44.9 Å². The third kappa shape index (κ3) is 4.04. The van der Waals surface area contributed by atoms with Crippen molar-refractivity contribution in [1.29, 1.82) is 0 Å². The van der Waals surface area contributed by atoms with Gasteiger partial charge >= 0.3 is 0 Å². The summed E-state index contributed by atoms with van der Waals surface area (Å²) in [6, 6.07) is -0.404. The molecule has 1 aliphatic heterocycles. The summed E-state index contributed by atoms with van der Waals surface area (Å²) < 4.78 is 14.7. The van der Waals surface area contributed by atoms with Crippen molar-refractivity contribution in [2.24, 2.45) is 10.8 Å². The Bertz CT molecular complexity index is 1060. The molecular formula is C20H25ClFN7O. The van der Waals surface area contributed by atoms with Crippen LogP contribution in [0.5, 0.6) is 0 Å². The van der Waals surface area contributed by atoms with Crippen LogP contribution in [0.2, 0.25) is 0 Å². The van der Waals surface area contributed by atoms with E-state index in [4.69, 9.17) is 17.4 Å². The lowest BCUT2D eigenvalue weighted by Gasteiger charge is -2.38. The molecule has 1 fully saturated rings. The van der Waals surface area contributed by atoms with E-state index in [0.717, 1.165) is 37.1 Å². The minimum atomic E-state index is -0.610. The molecule has 0 bridgehead atoms. The van der Waals surface area contributed by atoms with E-state index in [9.17, 15) is 9.18 Å². The van der Waals surface area contributed by atoms with Crippen LogP contribution < -0.4 is 26.9 Å². The first kappa shape index (κ1) is 20.7. The highest BCUT2D eigenvalue weighted by atomic mass is 35.5. The summed E-state index contributed by atoms with van der Waals surface area (Å²) in [5, 5.41) is 4.94. The summed E-state index contributed by atoms with van der Waals surface area (Å²) in [6.45, 7) is 2.29. The summed E-state index contributed by atoms with van der Waals surface area (Å²) in [6.07, 6.45) is 8.62. The molecule has 2 aliphatic rings. The molecule has 0 spiro atoms. The van der Waals surface area contributed by atoms with Crippen molar-refractivity contribution in [2.45, 2.75) is 56.5 Å². The lowest BCUT2D eigenvalue weighted by molar-refractivity contribution is -0.121. The molecule has 3 unspecified atom stereocenters. The van der Waals surface area contributed by atoms with E-state index in [-0.39, 0.29) is 29.2 Å². The monoisotopic (exact) mass is 433 g/mol. The lowest BCUT2D eigenvalue weighted by Crippen LogP contribution is -2.56. The van der Waals surface area contributed by atoms with Gasteiger partial charge in [-0.05, 0) is 12.8 Å². The summed E-state index contributed by atoms with van der Waals surface area (Å²) in [5.74, 6) is 6.04. The predicted molar refractivity (Wildman–Crippen MR) is 113 cm³/mol. The first-order valence-electron chi connectivity index (χ1n) is 10.2. The van der Waals surface area contributed by atoms with Crippen molar-refractivity contribution in [1.82, 2.24) is 20.3 Å². The number of nitrogens with zero attached hydrogens (tertiary/aromatic N) is 4. The molecule has 30 heavy (non-hydrogen) atoms. The minimum absolute atomic E-state index is 0.00719. The number of alkyl halides is 1. The molecular weight excluding hydrogens is 409 g/mol. The Morgan fingerprint density at radius 1 is 1.43 bits per heavy atom. The van der Waals surface area contributed by atoms with E-state index in [1.165, 1.54) is 5.01 Å². The van der Waals surface area contributed by atoms with Gasteiger partial charge in [0.05, 0.1) is 30.2 Å². The number of nitrogens with two attached hydrogens (primary N) is 1. The number of fused-ring (bicyclic) bond motifs is 1. The smallest absolute Gasteiger partial charge is 0.220 e. The van der Waals surface area contributed by atoms with Gasteiger partial charge in [0.25, 0.3) is 0 Å². The maximum atomic E-state index is 14.7. The van der Waals surface area contributed by atoms with Crippen LogP contribution in [0, 0.1) is 5.82 Å². The van der Waals surface area contributed by atoms with Crippen LogP contribution in [0.25, 0.3) is 17.5 Å². The number of halogens is 2. The second kappa shape index (κ2) is 8.69. The number of nitrogens with one attached hydrogen (secondary N) is 2. The maximum absolute atomic E-state index is 14.7. The third-order valence-corrected chi connectivity index (χ3v) is 5.90. The summed E-state index contributed by atoms with van der Waals surface area (Å²) in [7, 11) is 0. The number of anilines is 1. The lowest BCUT2D eigenvalue weighted by atomic mass is 9.89. The number of H-pyrrole nitrogens is 1. The molecule has 4 rings (SSSR count). The second-order valence-electron chi connectivity index (χ2n) is 7.64. The quantitative estimate of drug-likeness (QED) is 0.372. The number of aromatic amines is 1. The van der Waals surface area contributed by atoms with Gasteiger partial charge in [-0.1, -0.05) is 25.8 Å². The number of carbonyl (C=O) groups is 1. The van der Waals surface area contributed by atoms with E-state index in [2.05, 4.69) is 25.3 Å². The average molecular weight is 434 g/mol. The molecule has 2 aromatic heterocycles. The SMILES string of the molecule is CCC(=O)NC1CCCCC1N(N)c1nc(-c2c[nH]c3c2=CC(Cl)CN=3)ncc1F. The van der Waals surface area contributed by atoms with Crippen molar-refractivity contribution >= 4 is 29.4 Å². The van der Waals surface area contributed by atoms with Crippen molar-refractivity contribution in [3.05, 3.63) is 28.9 Å². The zero-order valence-corrected chi connectivity index (χ0v) is 17.5. The van der Waals surface area contributed by atoms with E-state index < -0.39 is 5.82 Å². The highest BCUT2D eigenvalue weighted by Gasteiger charge is 2.32. The van der Waals surface area contributed by atoms with E-state index in [1.807, 2.05) is 6.08 Å². The number of hydrazine groups is 1. The zero-order valence-electron chi connectivity index (χ0n) is 16.7. The third-order valence-electron chi connectivity index (χ3n) is 5.64. The topological polar surface area (TPSA) is 112 Å². The summed E-state index contributed by atoms with van der Waals surface area (Å²) in [4.78, 5) is 28.0. The fraction of sp³-hybridized carbons (Fsp3) is 0.500. The van der Waals surface area contributed by atoms with Gasteiger partial charge in [0, 0.05) is 23.4 Å². The predicted octanol–water partition coefficient (Wildman–Crippen LogP) is 1.15. The zero-order chi connectivity index (χ0) is 21.3. The number of carbonyl (C=O) groups excluding carboxylic acids is 1. The normalized spacial score (nSPS) is 23.1. The summed E-state index contributed by atoms with van der Waals surface area (Å²) >= 11 is 6.21. The van der Waals surface area contributed by atoms with Gasteiger partial charge in [-0.2, -0.15) is 0 Å². The molecule has 1 amide bonds. The Morgan fingerprint density at radius 3 is 3.03 bits per heavy atom. The Balaban J connectivity index is 1.68. The molecule has 2 aromatic rings. The van der Waals surface area contributed by atoms with E-state index in [1.54, 1.807) is 13.1 Å². The van der Waals surface area contributed by atoms with Gasteiger partial charge in [0.15, 0.2) is 17.5 Å². The molecule has 1 saturated carbocycles. The Hall–Kier alpha value is -2.52. The first-order valence-corrected chi connectivity index (χ1v) is 10.7. The standard InChI is InChI=1S/C20H25ClFN7O/c1-2-17(30)27-15-5-3-4-6-16(15)29(23)20-14(22)10-26-19(28-20)13-9-25-18-12(13)7-11(21)8-24-18/h7,9-11,15-16H,2-6,8,23H2,1H3,(H,24,25)(H,27,30). The fourth-order valence-corrected chi connectivity index (χ4v) is 4.26. The molecule has 3 heterocycles. The molecule has 0 radical (unpaired) electrons. The first-order chi connectivity index (χ1) is 14.5. The van der Waals surface area contributed by atoms with Crippen LogP contribution in [0.1, 0.15) is 39.0 Å². The number of rotatable bonds is 5. The molecule has 1 aliphatic carbocycles. The van der Waals surface area contributed by atoms with Crippen molar-refractivity contribution in [3.63, 3.8) is 0 Å². The highest BCUT2D eigenvalue weighted by molar-refractivity contribution is 6.24. The Kier molecular flexibility index (Phi) is 6.01. The van der Waals surface area contributed by atoms with Crippen LogP contribution >= 0.6 is 11.6 Å². The number of aromatic nitrogens is 3. The van der Waals surface area contributed by atoms with Crippen molar-refractivity contribution < 1.29 is 9.18 Å².